The number of piperidine rings is 1. The molecule has 0 amide bonds. The summed E-state index contributed by atoms with van der Waals surface area (Å²) in [5.41, 5.74) is 8.51. The summed E-state index contributed by atoms with van der Waals surface area (Å²) in [5.74, 6) is 1.09. The highest BCUT2D eigenvalue weighted by Gasteiger charge is 2.20. The second-order valence-corrected chi connectivity index (χ2v) is 8.34. The third kappa shape index (κ3) is 3.43. The number of rotatable bonds is 3. The normalized spacial score (nSPS) is 15.3. The summed E-state index contributed by atoms with van der Waals surface area (Å²) in [6.07, 6.45) is 6.15. The largest absolute Gasteiger partial charge is 0.354 e. The summed E-state index contributed by atoms with van der Waals surface area (Å²) in [6.45, 7) is 8.90. The van der Waals surface area contributed by atoms with Crippen LogP contribution in [0.4, 0.5) is 0 Å². The number of halogens is 1. The predicted molar refractivity (Wildman–Crippen MR) is 121 cm³/mol. The van der Waals surface area contributed by atoms with E-state index in [1.165, 1.54) is 46.1 Å². The number of hydrogen-bond acceptors (Lipinski definition) is 3. The summed E-state index contributed by atoms with van der Waals surface area (Å²) >= 11 is 0. The van der Waals surface area contributed by atoms with E-state index >= 15 is 0 Å². The molecule has 152 valence electrons. The van der Waals surface area contributed by atoms with Gasteiger partial charge in [-0.2, -0.15) is 5.10 Å². The van der Waals surface area contributed by atoms with Crippen molar-refractivity contribution in [2.75, 3.05) is 13.1 Å². The third-order valence-electron chi connectivity index (χ3n) is 6.10. The first-order chi connectivity index (χ1) is 13.6. The first-order valence-electron chi connectivity index (χ1n) is 10.3. The topological polar surface area (TPSA) is 58.0 Å². The van der Waals surface area contributed by atoms with Crippen LogP contribution in [0.1, 0.15) is 55.2 Å². The zero-order valence-corrected chi connectivity index (χ0v) is 18.0. The number of aryl methyl sites for hydroxylation is 1. The Bertz CT molecular complexity index is 1150. The van der Waals surface area contributed by atoms with Crippen LogP contribution in [0, 0.1) is 6.92 Å². The number of fused-ring (bicyclic) bond motifs is 2. The maximum absolute atomic E-state index is 4.36. The van der Waals surface area contributed by atoms with E-state index in [1.54, 1.807) is 6.33 Å². The Balaban J connectivity index is 0.00000205. The first-order valence-corrected chi connectivity index (χ1v) is 10.3. The number of nitrogens with one attached hydrogen (secondary N) is 2. The van der Waals surface area contributed by atoms with Gasteiger partial charge in [-0.25, -0.2) is 9.50 Å². The van der Waals surface area contributed by atoms with Gasteiger partial charge in [0.2, 0.25) is 0 Å². The van der Waals surface area contributed by atoms with Crippen molar-refractivity contribution in [1.29, 1.82) is 0 Å². The lowest BCUT2D eigenvalue weighted by Crippen LogP contribution is -2.26. The number of pyridine rings is 1. The van der Waals surface area contributed by atoms with Crippen molar-refractivity contribution in [3.63, 3.8) is 0 Å². The van der Waals surface area contributed by atoms with Gasteiger partial charge in [-0.1, -0.05) is 19.9 Å². The summed E-state index contributed by atoms with van der Waals surface area (Å²) in [6, 6.07) is 9.23. The molecule has 3 aromatic heterocycles. The summed E-state index contributed by atoms with van der Waals surface area (Å²) in [5, 5.41) is 9.19. The van der Waals surface area contributed by atoms with Gasteiger partial charge < -0.3 is 10.3 Å². The highest BCUT2D eigenvalue weighted by Crippen LogP contribution is 2.38. The Hall–Kier alpha value is -2.37. The van der Waals surface area contributed by atoms with Crippen LogP contribution in [0.25, 0.3) is 27.8 Å². The number of nitrogens with zero attached hydrogens (tertiary/aromatic N) is 3. The van der Waals surface area contributed by atoms with Crippen molar-refractivity contribution in [2.45, 2.75) is 45.4 Å². The Morgan fingerprint density at radius 3 is 2.69 bits per heavy atom. The van der Waals surface area contributed by atoms with Gasteiger partial charge in [0.15, 0.2) is 5.65 Å². The fourth-order valence-electron chi connectivity index (χ4n) is 4.70. The van der Waals surface area contributed by atoms with E-state index in [1.807, 2.05) is 4.52 Å². The third-order valence-corrected chi connectivity index (χ3v) is 6.10. The van der Waals surface area contributed by atoms with E-state index in [0.29, 0.717) is 11.8 Å². The minimum Gasteiger partial charge on any atom is -0.354 e. The SMILES string of the molecule is Cc1cc(-c2[nH]c3ccc(C4CCNCC4)cc3c2C(C)C)cn2ncnc12.Cl. The maximum Gasteiger partial charge on any atom is 0.158 e. The molecule has 0 atom stereocenters. The van der Waals surface area contributed by atoms with Crippen molar-refractivity contribution in [3.05, 3.63) is 53.5 Å². The molecule has 1 fully saturated rings. The van der Waals surface area contributed by atoms with Gasteiger partial charge in [-0.3, -0.25) is 0 Å². The zero-order valence-electron chi connectivity index (χ0n) is 17.2. The Labute approximate surface area is 177 Å². The van der Waals surface area contributed by atoms with Crippen LogP contribution in [0.2, 0.25) is 0 Å². The van der Waals surface area contributed by atoms with Crippen LogP contribution in [-0.4, -0.2) is 32.7 Å². The number of hydrogen-bond donors (Lipinski definition) is 2. The van der Waals surface area contributed by atoms with E-state index in [9.17, 15) is 0 Å². The second kappa shape index (κ2) is 7.81. The molecule has 0 saturated carbocycles. The molecule has 1 aliphatic heterocycles. The molecule has 0 bridgehead atoms. The highest BCUT2D eigenvalue weighted by molar-refractivity contribution is 5.92. The van der Waals surface area contributed by atoms with Crippen molar-refractivity contribution in [3.8, 4) is 11.3 Å². The summed E-state index contributed by atoms with van der Waals surface area (Å²) < 4.78 is 1.88. The molecule has 1 aromatic carbocycles. The van der Waals surface area contributed by atoms with Crippen LogP contribution in [0.3, 0.4) is 0 Å². The molecular weight excluding hydrogens is 382 g/mol. The Morgan fingerprint density at radius 2 is 1.93 bits per heavy atom. The molecule has 5 rings (SSSR count). The van der Waals surface area contributed by atoms with E-state index in [-0.39, 0.29) is 12.4 Å². The van der Waals surface area contributed by atoms with E-state index < -0.39 is 0 Å². The van der Waals surface area contributed by atoms with Gasteiger partial charge in [-0.15, -0.1) is 12.4 Å². The smallest absolute Gasteiger partial charge is 0.158 e. The average molecular weight is 410 g/mol. The van der Waals surface area contributed by atoms with E-state index in [0.717, 1.165) is 24.3 Å². The van der Waals surface area contributed by atoms with Crippen molar-refractivity contribution in [2.24, 2.45) is 0 Å². The number of aromatic nitrogens is 4. The molecule has 6 heteroatoms. The molecule has 4 aromatic rings. The van der Waals surface area contributed by atoms with Gasteiger partial charge in [0.05, 0.1) is 5.69 Å². The molecule has 0 aliphatic carbocycles. The lowest BCUT2D eigenvalue weighted by molar-refractivity contribution is 0.460. The van der Waals surface area contributed by atoms with Gasteiger partial charge in [-0.05, 0) is 79.6 Å². The summed E-state index contributed by atoms with van der Waals surface area (Å²) in [7, 11) is 0. The van der Waals surface area contributed by atoms with Gasteiger partial charge in [0, 0.05) is 22.7 Å². The number of aromatic amines is 1. The van der Waals surface area contributed by atoms with Gasteiger partial charge in [0.1, 0.15) is 6.33 Å². The molecule has 4 heterocycles. The lowest BCUT2D eigenvalue weighted by Gasteiger charge is -2.23. The predicted octanol–water partition coefficient (Wildman–Crippen LogP) is 5.20. The van der Waals surface area contributed by atoms with Crippen LogP contribution < -0.4 is 5.32 Å². The van der Waals surface area contributed by atoms with Gasteiger partial charge >= 0.3 is 0 Å². The lowest BCUT2D eigenvalue weighted by atomic mass is 9.88. The molecule has 2 N–H and O–H groups in total. The molecule has 5 nitrogen and oxygen atoms in total. The molecular formula is C23H28ClN5. The maximum atomic E-state index is 4.36. The molecule has 0 radical (unpaired) electrons. The molecule has 1 saturated heterocycles. The molecule has 0 unspecified atom stereocenters. The molecule has 29 heavy (non-hydrogen) atoms. The first kappa shape index (κ1) is 19.9. The van der Waals surface area contributed by atoms with Crippen molar-refractivity contribution < 1.29 is 0 Å². The Kier molecular flexibility index (Phi) is 5.36. The second-order valence-electron chi connectivity index (χ2n) is 8.34. The van der Waals surface area contributed by atoms with Crippen LogP contribution in [0.5, 0.6) is 0 Å². The van der Waals surface area contributed by atoms with Crippen LogP contribution >= 0.6 is 12.4 Å². The Morgan fingerprint density at radius 1 is 1.14 bits per heavy atom. The minimum atomic E-state index is 0. The van der Waals surface area contributed by atoms with Crippen LogP contribution in [-0.2, 0) is 0 Å². The number of H-pyrrole nitrogens is 1. The number of benzene rings is 1. The van der Waals surface area contributed by atoms with E-state index in [4.69, 9.17) is 0 Å². The quantitative estimate of drug-likeness (QED) is 0.489. The fraction of sp³-hybridized carbons (Fsp3) is 0.391. The molecule has 1 aliphatic rings. The monoisotopic (exact) mass is 409 g/mol. The average Bonchev–Trinajstić information content (AvgIpc) is 3.32. The highest BCUT2D eigenvalue weighted by atomic mass is 35.5. The van der Waals surface area contributed by atoms with E-state index in [2.05, 4.69) is 71.6 Å². The van der Waals surface area contributed by atoms with Gasteiger partial charge in [0.25, 0.3) is 0 Å². The van der Waals surface area contributed by atoms with Crippen molar-refractivity contribution in [1.82, 2.24) is 24.9 Å². The molecule has 0 spiro atoms. The van der Waals surface area contributed by atoms with Crippen LogP contribution in [0.15, 0.2) is 36.8 Å². The minimum absolute atomic E-state index is 0. The standard InChI is InChI=1S/C23H27N5.ClH/c1-14(2)21-19-11-17(16-6-8-24-9-7-16)4-5-20(19)27-22(21)18-10-15(3)23-25-13-26-28(23)12-18;/h4-5,10-14,16,24,27H,6-9H2,1-3H3;1H. The fourth-order valence-corrected chi connectivity index (χ4v) is 4.70. The van der Waals surface area contributed by atoms with Crippen molar-refractivity contribution >= 4 is 29.0 Å². The zero-order chi connectivity index (χ0) is 19.3. The summed E-state index contributed by atoms with van der Waals surface area (Å²) in [4.78, 5) is 8.06.